The van der Waals surface area contributed by atoms with Crippen molar-refractivity contribution in [2.24, 2.45) is 0 Å². The molecule has 0 amide bonds. The summed E-state index contributed by atoms with van der Waals surface area (Å²) in [5, 5.41) is 19.8. The maximum atomic E-state index is 10.8. The van der Waals surface area contributed by atoms with Crippen LogP contribution in [0.15, 0.2) is 42.5 Å². The number of nitro benzene ring substituents is 1. The van der Waals surface area contributed by atoms with Crippen LogP contribution in [0.2, 0.25) is 0 Å². The van der Waals surface area contributed by atoms with E-state index in [-0.39, 0.29) is 5.69 Å². The van der Waals surface area contributed by atoms with E-state index >= 15 is 0 Å². The normalized spacial score (nSPS) is 10.2. The summed E-state index contributed by atoms with van der Waals surface area (Å²) in [6.45, 7) is 0.579. The molecule has 22 heavy (non-hydrogen) atoms. The van der Waals surface area contributed by atoms with Crippen molar-refractivity contribution in [2.75, 3.05) is 13.7 Å². The predicted octanol–water partition coefficient (Wildman–Crippen LogP) is 3.52. The van der Waals surface area contributed by atoms with Crippen molar-refractivity contribution in [1.82, 2.24) is 0 Å². The van der Waals surface area contributed by atoms with E-state index in [9.17, 15) is 10.1 Å². The van der Waals surface area contributed by atoms with Crippen LogP contribution >= 0.6 is 0 Å². The monoisotopic (exact) mass is 296 g/mol. The third-order valence-corrected chi connectivity index (χ3v) is 3.45. The standard InChI is InChI=1S/C17H16N2O3/c1-22-12-10-14-4-2-3-13(9-11-18)17(14)15-5-7-16(8-6-15)19(20)21/h2-8H,9-10,12H2,1H3. The van der Waals surface area contributed by atoms with Crippen LogP contribution in [-0.4, -0.2) is 18.6 Å². The second-order valence-corrected chi connectivity index (χ2v) is 4.83. The maximum Gasteiger partial charge on any atom is 0.269 e. The smallest absolute Gasteiger partial charge is 0.269 e. The number of hydrogen-bond acceptors (Lipinski definition) is 4. The zero-order chi connectivity index (χ0) is 15.9. The summed E-state index contributed by atoms with van der Waals surface area (Å²) in [4.78, 5) is 10.4. The molecule has 0 saturated carbocycles. The number of ether oxygens (including phenoxy) is 1. The Kier molecular flexibility index (Phi) is 5.23. The minimum atomic E-state index is -0.420. The topological polar surface area (TPSA) is 76.2 Å². The van der Waals surface area contributed by atoms with Crippen LogP contribution in [0.25, 0.3) is 11.1 Å². The number of benzene rings is 2. The molecular formula is C17H16N2O3. The van der Waals surface area contributed by atoms with Crippen LogP contribution in [0.4, 0.5) is 5.69 Å². The van der Waals surface area contributed by atoms with Crippen molar-refractivity contribution in [2.45, 2.75) is 12.8 Å². The number of non-ortho nitro benzene ring substituents is 1. The minimum Gasteiger partial charge on any atom is -0.384 e. The molecular weight excluding hydrogens is 280 g/mol. The highest BCUT2D eigenvalue weighted by atomic mass is 16.6. The Hall–Kier alpha value is -2.71. The van der Waals surface area contributed by atoms with E-state index in [2.05, 4.69) is 6.07 Å². The van der Waals surface area contributed by atoms with Crippen LogP contribution in [0.3, 0.4) is 0 Å². The molecule has 0 unspecified atom stereocenters. The summed E-state index contributed by atoms with van der Waals surface area (Å²) >= 11 is 0. The largest absolute Gasteiger partial charge is 0.384 e. The van der Waals surface area contributed by atoms with E-state index in [0.29, 0.717) is 13.0 Å². The Morgan fingerprint density at radius 1 is 1.18 bits per heavy atom. The van der Waals surface area contributed by atoms with Crippen LogP contribution in [0, 0.1) is 21.4 Å². The van der Waals surface area contributed by atoms with Gasteiger partial charge in [-0.3, -0.25) is 10.1 Å². The quantitative estimate of drug-likeness (QED) is 0.603. The van der Waals surface area contributed by atoms with Crippen molar-refractivity contribution in [3.63, 3.8) is 0 Å². The van der Waals surface area contributed by atoms with Crippen molar-refractivity contribution in [3.05, 3.63) is 63.7 Å². The number of methoxy groups -OCH3 is 1. The van der Waals surface area contributed by atoms with Crippen LogP contribution in [0.5, 0.6) is 0 Å². The van der Waals surface area contributed by atoms with Crippen molar-refractivity contribution < 1.29 is 9.66 Å². The fourth-order valence-corrected chi connectivity index (χ4v) is 2.43. The van der Waals surface area contributed by atoms with Crippen molar-refractivity contribution in [3.8, 4) is 17.2 Å². The van der Waals surface area contributed by atoms with Crippen molar-refractivity contribution >= 4 is 5.69 Å². The lowest BCUT2D eigenvalue weighted by Gasteiger charge is -2.13. The molecule has 0 N–H and O–H groups in total. The van der Waals surface area contributed by atoms with Gasteiger partial charge in [0.15, 0.2) is 0 Å². The molecule has 112 valence electrons. The fourth-order valence-electron chi connectivity index (χ4n) is 2.43. The molecule has 0 aliphatic carbocycles. The lowest BCUT2D eigenvalue weighted by Crippen LogP contribution is -2.00. The molecule has 0 saturated heterocycles. The van der Waals surface area contributed by atoms with E-state index < -0.39 is 4.92 Å². The van der Waals surface area contributed by atoms with E-state index in [1.165, 1.54) is 12.1 Å². The van der Waals surface area contributed by atoms with Gasteiger partial charge in [0.2, 0.25) is 0 Å². The minimum absolute atomic E-state index is 0.0555. The van der Waals surface area contributed by atoms with Gasteiger partial charge >= 0.3 is 0 Å². The summed E-state index contributed by atoms with van der Waals surface area (Å²) < 4.78 is 5.13. The van der Waals surface area contributed by atoms with Crippen LogP contribution < -0.4 is 0 Å². The Bertz CT molecular complexity index is 703. The number of rotatable bonds is 6. The molecule has 0 spiro atoms. The van der Waals surface area contributed by atoms with E-state index in [0.717, 1.165) is 28.7 Å². The van der Waals surface area contributed by atoms with Gasteiger partial charge in [0.25, 0.3) is 5.69 Å². The molecule has 0 heterocycles. The summed E-state index contributed by atoms with van der Waals surface area (Å²) in [5.41, 5.74) is 3.90. The second kappa shape index (κ2) is 7.34. The SMILES string of the molecule is COCCc1cccc(CC#N)c1-c1ccc([N+](=O)[O-])cc1. The Morgan fingerprint density at radius 3 is 2.45 bits per heavy atom. The lowest BCUT2D eigenvalue weighted by molar-refractivity contribution is -0.384. The van der Waals surface area contributed by atoms with Gasteiger partial charge in [-0.2, -0.15) is 5.26 Å². The van der Waals surface area contributed by atoms with Gasteiger partial charge in [0.1, 0.15) is 0 Å². The number of nitro groups is 1. The molecule has 0 bridgehead atoms. The summed E-state index contributed by atoms with van der Waals surface area (Å²) in [5.74, 6) is 0. The van der Waals surface area contributed by atoms with Gasteiger partial charge in [-0.05, 0) is 40.8 Å². The van der Waals surface area contributed by atoms with E-state index in [4.69, 9.17) is 10.00 Å². The Labute approximate surface area is 128 Å². The van der Waals surface area contributed by atoms with E-state index in [1.54, 1.807) is 19.2 Å². The first kappa shape index (κ1) is 15.7. The summed E-state index contributed by atoms with van der Waals surface area (Å²) in [7, 11) is 1.64. The Balaban J connectivity index is 2.50. The first-order chi connectivity index (χ1) is 10.7. The number of nitrogens with zero attached hydrogens (tertiary/aromatic N) is 2. The molecule has 0 atom stereocenters. The van der Waals surface area contributed by atoms with E-state index in [1.807, 2.05) is 18.2 Å². The third-order valence-electron chi connectivity index (χ3n) is 3.45. The predicted molar refractivity (Wildman–Crippen MR) is 83.4 cm³/mol. The van der Waals surface area contributed by atoms with Gasteiger partial charge in [-0.1, -0.05) is 18.2 Å². The molecule has 0 fully saturated rings. The zero-order valence-electron chi connectivity index (χ0n) is 12.3. The maximum absolute atomic E-state index is 10.8. The van der Waals surface area contributed by atoms with Gasteiger partial charge < -0.3 is 4.74 Å². The molecule has 5 nitrogen and oxygen atoms in total. The van der Waals surface area contributed by atoms with Crippen LogP contribution in [-0.2, 0) is 17.6 Å². The molecule has 0 aliphatic heterocycles. The highest BCUT2D eigenvalue weighted by Crippen LogP contribution is 2.30. The number of hydrogen-bond donors (Lipinski definition) is 0. The van der Waals surface area contributed by atoms with Crippen LogP contribution in [0.1, 0.15) is 11.1 Å². The molecule has 2 aromatic carbocycles. The molecule has 0 radical (unpaired) electrons. The molecule has 2 rings (SSSR count). The lowest BCUT2D eigenvalue weighted by atomic mass is 9.91. The first-order valence-electron chi connectivity index (χ1n) is 6.89. The summed E-state index contributed by atoms with van der Waals surface area (Å²) in [6.07, 6.45) is 1.02. The Morgan fingerprint density at radius 2 is 1.86 bits per heavy atom. The average Bonchev–Trinajstić information content (AvgIpc) is 2.53. The second-order valence-electron chi connectivity index (χ2n) is 4.83. The van der Waals surface area contributed by atoms with Gasteiger partial charge in [0.05, 0.1) is 24.0 Å². The first-order valence-corrected chi connectivity index (χ1v) is 6.89. The van der Waals surface area contributed by atoms with Gasteiger partial charge in [-0.25, -0.2) is 0 Å². The molecule has 5 heteroatoms. The molecule has 0 aliphatic rings. The number of nitriles is 1. The highest BCUT2D eigenvalue weighted by molar-refractivity contribution is 5.72. The van der Waals surface area contributed by atoms with Crippen molar-refractivity contribution in [1.29, 1.82) is 5.26 Å². The zero-order valence-corrected chi connectivity index (χ0v) is 12.3. The summed E-state index contributed by atoms with van der Waals surface area (Å²) in [6, 6.07) is 14.4. The fraction of sp³-hybridized carbons (Fsp3) is 0.235. The highest BCUT2D eigenvalue weighted by Gasteiger charge is 2.12. The molecule has 0 aromatic heterocycles. The van der Waals surface area contributed by atoms with Gasteiger partial charge in [0, 0.05) is 19.2 Å². The van der Waals surface area contributed by atoms with Gasteiger partial charge in [-0.15, -0.1) is 0 Å². The third kappa shape index (κ3) is 3.48. The average molecular weight is 296 g/mol. The molecule has 2 aromatic rings.